The largest absolute Gasteiger partial charge is 0.394 e. The lowest BCUT2D eigenvalue weighted by molar-refractivity contribution is -0.0804. The monoisotopic (exact) mass is 497 g/mol. The highest BCUT2D eigenvalue weighted by molar-refractivity contribution is 14.1. The van der Waals surface area contributed by atoms with Crippen LogP contribution in [0.4, 0.5) is 5.82 Å². The molecule has 0 aliphatic carbocycles. The first kappa shape index (κ1) is 19.5. The van der Waals surface area contributed by atoms with E-state index in [1.54, 1.807) is 4.57 Å². The second-order valence-corrected chi connectivity index (χ2v) is 8.14. The van der Waals surface area contributed by atoms with Crippen molar-refractivity contribution in [2.24, 2.45) is 0 Å². The van der Waals surface area contributed by atoms with Crippen molar-refractivity contribution in [2.75, 3.05) is 11.9 Å². The Balaban J connectivity index is 1.62. The number of aliphatic hydroxyl groups excluding tert-OH is 2. The molecule has 4 atom stereocenters. The van der Waals surface area contributed by atoms with Crippen LogP contribution in [0.3, 0.4) is 0 Å². The molecular weight excluding hydrogens is 477 g/mol. The number of imidazole rings is 1. The summed E-state index contributed by atoms with van der Waals surface area (Å²) in [6, 6.07) is 8.11. The molecular formula is C18H20IN5O4. The van der Waals surface area contributed by atoms with Crippen LogP contribution in [-0.2, 0) is 11.3 Å². The Hall–Kier alpha value is -1.86. The van der Waals surface area contributed by atoms with Crippen molar-refractivity contribution in [1.29, 1.82) is 0 Å². The fraction of sp³-hybridized carbons (Fsp3) is 0.389. The standard InChI is InChI=1S/C18H20IN5O4/c1-18(27)12(7-25)28-17(14(18)26)24-9-23-13-15(21-8-22-16(13)24)20-6-10-3-2-4-11(19)5-10/h2-5,8-9,12,14,17,25-27H,6-7H2,1H3,(H,20,21,22)/t12-,14+,17?,18-/m1/s1. The minimum atomic E-state index is -1.59. The quantitative estimate of drug-likeness (QED) is 0.386. The Kier molecular flexibility index (Phi) is 5.22. The van der Waals surface area contributed by atoms with Crippen molar-refractivity contribution in [3.8, 4) is 0 Å². The van der Waals surface area contributed by atoms with Gasteiger partial charge in [-0.15, -0.1) is 0 Å². The SMILES string of the molecule is C[C@@]1(O)[C@@H](CO)OC(n2cnc3c(NCc4cccc(I)c4)ncnc32)[C@@H]1O. The van der Waals surface area contributed by atoms with E-state index in [4.69, 9.17) is 4.74 Å². The molecule has 1 saturated heterocycles. The van der Waals surface area contributed by atoms with Crippen LogP contribution in [-0.4, -0.2) is 59.3 Å². The molecule has 1 aliphatic rings. The fourth-order valence-electron chi connectivity index (χ4n) is 3.31. The minimum absolute atomic E-state index is 0.412. The van der Waals surface area contributed by atoms with E-state index in [-0.39, 0.29) is 0 Å². The summed E-state index contributed by atoms with van der Waals surface area (Å²) in [6.45, 7) is 1.59. The summed E-state index contributed by atoms with van der Waals surface area (Å²) in [4.78, 5) is 12.9. The van der Waals surface area contributed by atoms with E-state index in [0.29, 0.717) is 23.5 Å². The highest BCUT2D eigenvalue weighted by Crippen LogP contribution is 2.38. The van der Waals surface area contributed by atoms with Crippen LogP contribution >= 0.6 is 22.6 Å². The van der Waals surface area contributed by atoms with Gasteiger partial charge in [-0.1, -0.05) is 12.1 Å². The number of nitrogens with one attached hydrogen (secondary N) is 1. The average molecular weight is 497 g/mol. The van der Waals surface area contributed by atoms with Crippen LogP contribution in [0.25, 0.3) is 11.2 Å². The van der Waals surface area contributed by atoms with Crippen molar-refractivity contribution in [3.05, 3.63) is 46.1 Å². The van der Waals surface area contributed by atoms with Gasteiger partial charge in [0, 0.05) is 10.1 Å². The van der Waals surface area contributed by atoms with E-state index in [0.717, 1.165) is 9.13 Å². The zero-order valence-electron chi connectivity index (χ0n) is 15.0. The third-order valence-corrected chi connectivity index (χ3v) is 5.64. The first-order chi connectivity index (χ1) is 13.4. The molecule has 2 aromatic heterocycles. The summed E-state index contributed by atoms with van der Waals surface area (Å²) >= 11 is 2.26. The third-order valence-electron chi connectivity index (χ3n) is 4.97. The number of anilines is 1. The van der Waals surface area contributed by atoms with E-state index in [1.807, 2.05) is 18.2 Å². The van der Waals surface area contributed by atoms with E-state index >= 15 is 0 Å². The number of halogens is 1. The van der Waals surface area contributed by atoms with Gasteiger partial charge in [0.15, 0.2) is 23.2 Å². The van der Waals surface area contributed by atoms with E-state index < -0.39 is 30.6 Å². The summed E-state index contributed by atoms with van der Waals surface area (Å²) in [7, 11) is 0. The molecule has 3 aromatic rings. The molecule has 10 heteroatoms. The average Bonchev–Trinajstić information content (AvgIpc) is 3.20. The Labute approximate surface area is 174 Å². The molecule has 1 unspecified atom stereocenters. The lowest BCUT2D eigenvalue weighted by Crippen LogP contribution is -2.46. The first-order valence-electron chi connectivity index (χ1n) is 8.74. The normalized spacial score (nSPS) is 27.4. The van der Waals surface area contributed by atoms with Crippen LogP contribution in [0.2, 0.25) is 0 Å². The Morgan fingerprint density at radius 3 is 2.86 bits per heavy atom. The number of fused-ring (bicyclic) bond motifs is 1. The number of aliphatic hydroxyl groups is 3. The highest BCUT2D eigenvalue weighted by atomic mass is 127. The molecule has 0 bridgehead atoms. The summed E-state index contributed by atoms with van der Waals surface area (Å²) < 4.78 is 8.35. The van der Waals surface area contributed by atoms with Crippen LogP contribution < -0.4 is 5.32 Å². The van der Waals surface area contributed by atoms with Gasteiger partial charge in [-0.2, -0.15) is 0 Å². The predicted molar refractivity (Wildman–Crippen MR) is 109 cm³/mol. The number of hydrogen-bond donors (Lipinski definition) is 4. The van der Waals surface area contributed by atoms with E-state index in [9.17, 15) is 15.3 Å². The molecule has 28 heavy (non-hydrogen) atoms. The molecule has 1 aromatic carbocycles. The van der Waals surface area contributed by atoms with Crippen molar-refractivity contribution in [2.45, 2.75) is 37.5 Å². The summed E-state index contributed by atoms with van der Waals surface area (Å²) in [6.07, 6.45) is -0.194. The number of ether oxygens (including phenoxy) is 1. The number of hydrogen-bond acceptors (Lipinski definition) is 8. The molecule has 0 saturated carbocycles. The van der Waals surface area contributed by atoms with Gasteiger partial charge in [-0.05, 0) is 47.2 Å². The fourth-order valence-corrected chi connectivity index (χ4v) is 3.91. The third kappa shape index (κ3) is 3.35. The van der Waals surface area contributed by atoms with Crippen LogP contribution in [0.5, 0.6) is 0 Å². The van der Waals surface area contributed by atoms with Gasteiger partial charge in [0.05, 0.1) is 12.9 Å². The Morgan fingerprint density at radius 1 is 1.32 bits per heavy atom. The molecule has 1 fully saturated rings. The Bertz CT molecular complexity index is 995. The Morgan fingerprint density at radius 2 is 2.14 bits per heavy atom. The van der Waals surface area contributed by atoms with Gasteiger partial charge in [0.25, 0.3) is 0 Å². The van der Waals surface area contributed by atoms with E-state index in [1.165, 1.54) is 19.6 Å². The molecule has 0 spiro atoms. The number of rotatable bonds is 5. The summed E-state index contributed by atoms with van der Waals surface area (Å²) in [5, 5.41) is 33.6. The second-order valence-electron chi connectivity index (χ2n) is 6.90. The molecule has 1 aliphatic heterocycles. The molecule has 148 valence electrons. The molecule has 9 nitrogen and oxygen atoms in total. The molecule has 4 rings (SSSR count). The first-order valence-corrected chi connectivity index (χ1v) is 9.82. The van der Waals surface area contributed by atoms with E-state index in [2.05, 4.69) is 48.9 Å². The lowest BCUT2D eigenvalue weighted by Gasteiger charge is -2.25. The van der Waals surface area contributed by atoms with Crippen LogP contribution in [0.15, 0.2) is 36.9 Å². The lowest BCUT2D eigenvalue weighted by atomic mass is 9.95. The maximum Gasteiger partial charge on any atom is 0.167 e. The molecule has 0 amide bonds. The number of benzene rings is 1. The number of aromatic nitrogens is 4. The van der Waals surface area contributed by atoms with Gasteiger partial charge in [-0.25, -0.2) is 15.0 Å². The minimum Gasteiger partial charge on any atom is -0.394 e. The maximum atomic E-state index is 10.5. The van der Waals surface area contributed by atoms with Crippen molar-refractivity contribution in [3.63, 3.8) is 0 Å². The highest BCUT2D eigenvalue weighted by Gasteiger charge is 2.52. The number of nitrogens with zero attached hydrogens (tertiary/aromatic N) is 4. The zero-order valence-corrected chi connectivity index (χ0v) is 17.2. The van der Waals surface area contributed by atoms with Gasteiger partial charge >= 0.3 is 0 Å². The smallest absolute Gasteiger partial charge is 0.167 e. The summed E-state index contributed by atoms with van der Waals surface area (Å²) in [5.41, 5.74) is 0.498. The zero-order chi connectivity index (χ0) is 19.9. The van der Waals surface area contributed by atoms with Crippen molar-refractivity contribution in [1.82, 2.24) is 19.5 Å². The van der Waals surface area contributed by atoms with Crippen LogP contribution in [0.1, 0.15) is 18.7 Å². The van der Waals surface area contributed by atoms with Crippen LogP contribution in [0, 0.1) is 3.57 Å². The van der Waals surface area contributed by atoms with Crippen molar-refractivity contribution >= 4 is 39.6 Å². The van der Waals surface area contributed by atoms with Gasteiger partial charge in [0.2, 0.25) is 0 Å². The molecule has 0 radical (unpaired) electrons. The predicted octanol–water partition coefficient (Wildman–Crippen LogP) is 1.04. The van der Waals surface area contributed by atoms with Gasteiger partial charge in [0.1, 0.15) is 24.1 Å². The molecule has 3 heterocycles. The topological polar surface area (TPSA) is 126 Å². The van der Waals surface area contributed by atoms with Crippen molar-refractivity contribution < 1.29 is 20.1 Å². The second kappa shape index (κ2) is 7.52. The van der Waals surface area contributed by atoms with Gasteiger partial charge < -0.3 is 25.4 Å². The molecule has 4 N–H and O–H groups in total. The maximum absolute atomic E-state index is 10.5. The van der Waals surface area contributed by atoms with Gasteiger partial charge in [-0.3, -0.25) is 4.57 Å². The summed E-state index contributed by atoms with van der Waals surface area (Å²) in [5.74, 6) is 0.556.